The summed E-state index contributed by atoms with van der Waals surface area (Å²) in [5.74, 6) is 1.73. The Kier molecular flexibility index (Phi) is 9.06. The van der Waals surface area contributed by atoms with Crippen molar-refractivity contribution in [3.05, 3.63) is 87.5 Å². The molecule has 0 aliphatic heterocycles. The predicted molar refractivity (Wildman–Crippen MR) is 162 cm³/mol. The molecule has 0 atom stereocenters. The van der Waals surface area contributed by atoms with E-state index >= 15 is 0 Å². The lowest BCUT2D eigenvalue weighted by Gasteiger charge is -2.29. The van der Waals surface area contributed by atoms with Gasteiger partial charge in [-0.1, -0.05) is 71.9 Å². The Morgan fingerprint density at radius 2 is 1.39 bits per heavy atom. The van der Waals surface area contributed by atoms with Crippen molar-refractivity contribution in [2.24, 2.45) is 0 Å². The van der Waals surface area contributed by atoms with Crippen molar-refractivity contribution in [1.82, 2.24) is 0 Å². The number of nitro benzene ring substituents is 1. The average molecular weight is 563 g/mol. The number of carbonyl (C=O) groups excluding carboxylic acids is 1. The standard InChI is InChI=1S/C33H42N2O6/c1-31(2,3)24-20-29(25(32(4,5)6)19-28(24)39-21-22-14-12-11-13-15-22)40-23-16-17-26(35(37)38)27(18-23)34(10)30(36)41-33(7,8)9/h11-20H,21H2,1-10H3. The van der Waals surface area contributed by atoms with Gasteiger partial charge in [0.25, 0.3) is 5.69 Å². The summed E-state index contributed by atoms with van der Waals surface area (Å²) >= 11 is 0. The number of benzene rings is 3. The first kappa shape index (κ1) is 31.5. The van der Waals surface area contributed by atoms with Crippen molar-refractivity contribution >= 4 is 17.5 Å². The maximum Gasteiger partial charge on any atom is 0.414 e. The van der Waals surface area contributed by atoms with Crippen molar-refractivity contribution in [3.63, 3.8) is 0 Å². The fraction of sp³-hybridized carbons (Fsp3) is 0.424. The predicted octanol–water partition coefficient (Wildman–Crippen LogP) is 8.93. The van der Waals surface area contributed by atoms with Gasteiger partial charge in [-0.3, -0.25) is 15.0 Å². The van der Waals surface area contributed by atoms with Crippen LogP contribution in [-0.2, 0) is 22.2 Å². The van der Waals surface area contributed by atoms with E-state index < -0.39 is 16.6 Å². The first-order valence-corrected chi connectivity index (χ1v) is 13.7. The molecule has 3 aromatic rings. The quantitative estimate of drug-likeness (QED) is 0.211. The number of carbonyl (C=O) groups is 1. The van der Waals surface area contributed by atoms with Crippen LogP contribution in [0.5, 0.6) is 17.2 Å². The number of hydrogen-bond acceptors (Lipinski definition) is 6. The second-order valence-corrected chi connectivity index (χ2v) is 13.2. The van der Waals surface area contributed by atoms with Crippen LogP contribution in [0.15, 0.2) is 60.7 Å². The molecule has 1 amide bonds. The summed E-state index contributed by atoms with van der Waals surface area (Å²) in [6, 6.07) is 18.4. The van der Waals surface area contributed by atoms with Crippen LogP contribution in [0.2, 0.25) is 0 Å². The molecule has 0 spiro atoms. The Bertz CT molecular complexity index is 1400. The van der Waals surface area contributed by atoms with Crippen molar-refractivity contribution in [1.29, 1.82) is 0 Å². The van der Waals surface area contributed by atoms with E-state index in [1.54, 1.807) is 20.8 Å². The summed E-state index contributed by atoms with van der Waals surface area (Å²) in [4.78, 5) is 25.2. The SMILES string of the molecule is CN(C(=O)OC(C)(C)C)c1cc(Oc2cc(C(C)(C)C)c(OCc3ccccc3)cc2C(C)(C)C)ccc1[N+](=O)[O-]. The van der Waals surface area contributed by atoms with Crippen molar-refractivity contribution in [2.75, 3.05) is 11.9 Å². The van der Waals surface area contributed by atoms with Crippen LogP contribution in [0.4, 0.5) is 16.2 Å². The molecule has 0 aromatic heterocycles. The third-order valence-corrected chi connectivity index (χ3v) is 6.34. The van der Waals surface area contributed by atoms with Gasteiger partial charge in [0.2, 0.25) is 0 Å². The van der Waals surface area contributed by atoms with Gasteiger partial charge in [0, 0.05) is 30.3 Å². The second-order valence-electron chi connectivity index (χ2n) is 13.2. The summed E-state index contributed by atoms with van der Waals surface area (Å²) in [5.41, 5.74) is 1.44. The Balaban J connectivity index is 2.08. The molecule has 0 bridgehead atoms. The highest BCUT2D eigenvalue weighted by atomic mass is 16.6. The Morgan fingerprint density at radius 1 is 0.829 bits per heavy atom. The summed E-state index contributed by atoms with van der Waals surface area (Å²) in [6.07, 6.45) is -0.705. The third-order valence-electron chi connectivity index (χ3n) is 6.34. The minimum absolute atomic E-state index is 0.0675. The summed E-state index contributed by atoms with van der Waals surface area (Å²) in [7, 11) is 1.44. The van der Waals surface area contributed by atoms with E-state index in [1.165, 1.54) is 25.2 Å². The molecule has 8 nitrogen and oxygen atoms in total. The van der Waals surface area contributed by atoms with Gasteiger partial charge in [-0.05, 0) is 55.4 Å². The number of anilines is 1. The maximum absolute atomic E-state index is 12.8. The lowest BCUT2D eigenvalue weighted by Crippen LogP contribution is -2.34. The first-order chi connectivity index (χ1) is 18.9. The molecule has 0 saturated heterocycles. The van der Waals surface area contributed by atoms with Gasteiger partial charge < -0.3 is 14.2 Å². The normalized spacial score (nSPS) is 12.0. The van der Waals surface area contributed by atoms with Gasteiger partial charge in [0.15, 0.2) is 0 Å². The van der Waals surface area contributed by atoms with Crippen LogP contribution in [0.3, 0.4) is 0 Å². The zero-order valence-corrected chi connectivity index (χ0v) is 25.8. The minimum Gasteiger partial charge on any atom is -0.489 e. The highest BCUT2D eigenvalue weighted by Crippen LogP contribution is 2.44. The molecule has 3 aromatic carbocycles. The zero-order chi connectivity index (χ0) is 30.8. The van der Waals surface area contributed by atoms with Crippen LogP contribution in [0, 0.1) is 10.1 Å². The summed E-state index contributed by atoms with van der Waals surface area (Å²) in [5, 5.41) is 11.8. The van der Waals surface area contributed by atoms with Crippen LogP contribution < -0.4 is 14.4 Å². The largest absolute Gasteiger partial charge is 0.489 e. The monoisotopic (exact) mass is 562 g/mol. The van der Waals surface area contributed by atoms with E-state index in [0.717, 1.165) is 27.3 Å². The lowest BCUT2D eigenvalue weighted by atomic mass is 9.81. The fourth-order valence-corrected chi connectivity index (χ4v) is 4.22. The van der Waals surface area contributed by atoms with E-state index in [0.29, 0.717) is 18.1 Å². The molecule has 220 valence electrons. The van der Waals surface area contributed by atoms with Crippen LogP contribution >= 0.6 is 0 Å². The average Bonchev–Trinajstić information content (AvgIpc) is 2.85. The second kappa shape index (κ2) is 11.8. The van der Waals surface area contributed by atoms with E-state index in [1.807, 2.05) is 42.5 Å². The lowest BCUT2D eigenvalue weighted by molar-refractivity contribution is -0.384. The molecule has 0 unspecified atom stereocenters. The molecule has 0 saturated carbocycles. The number of amides is 1. The van der Waals surface area contributed by atoms with Gasteiger partial charge in [-0.15, -0.1) is 0 Å². The van der Waals surface area contributed by atoms with Crippen LogP contribution in [0.25, 0.3) is 0 Å². The highest BCUT2D eigenvalue weighted by Gasteiger charge is 2.29. The van der Waals surface area contributed by atoms with Gasteiger partial charge in [0.05, 0.1) is 4.92 Å². The molecule has 0 aliphatic rings. The Hall–Kier alpha value is -4.07. The van der Waals surface area contributed by atoms with Crippen molar-refractivity contribution in [2.45, 2.75) is 85.4 Å². The smallest absolute Gasteiger partial charge is 0.414 e. The van der Waals surface area contributed by atoms with Gasteiger partial charge in [-0.25, -0.2) is 4.79 Å². The molecule has 8 heteroatoms. The highest BCUT2D eigenvalue weighted by molar-refractivity contribution is 5.90. The topological polar surface area (TPSA) is 91.1 Å². The molecule has 3 rings (SSSR count). The Morgan fingerprint density at radius 3 is 1.93 bits per heavy atom. The molecular weight excluding hydrogens is 520 g/mol. The van der Waals surface area contributed by atoms with E-state index in [4.69, 9.17) is 14.2 Å². The minimum atomic E-state index is -0.760. The van der Waals surface area contributed by atoms with Crippen LogP contribution in [-0.4, -0.2) is 23.7 Å². The van der Waals surface area contributed by atoms with E-state index in [9.17, 15) is 14.9 Å². The molecular formula is C33H42N2O6. The molecule has 0 fully saturated rings. The number of nitro groups is 1. The van der Waals surface area contributed by atoms with Crippen LogP contribution in [0.1, 0.15) is 79.0 Å². The van der Waals surface area contributed by atoms with E-state index in [2.05, 4.69) is 41.5 Å². The maximum atomic E-state index is 12.8. The van der Waals surface area contributed by atoms with Gasteiger partial charge in [-0.2, -0.15) is 0 Å². The Labute approximate surface area is 243 Å². The zero-order valence-electron chi connectivity index (χ0n) is 25.8. The van der Waals surface area contributed by atoms with Gasteiger partial charge in [0.1, 0.15) is 35.1 Å². The molecule has 0 aliphatic carbocycles. The first-order valence-electron chi connectivity index (χ1n) is 13.7. The number of nitrogens with zero attached hydrogens (tertiary/aromatic N) is 2. The molecule has 0 N–H and O–H groups in total. The molecule has 0 heterocycles. The van der Waals surface area contributed by atoms with Crippen molar-refractivity contribution < 1.29 is 23.9 Å². The summed E-state index contributed by atoms with van der Waals surface area (Å²) < 4.78 is 18.2. The molecule has 0 radical (unpaired) electrons. The number of rotatable bonds is 7. The van der Waals surface area contributed by atoms with Crippen molar-refractivity contribution in [3.8, 4) is 17.2 Å². The summed E-state index contributed by atoms with van der Waals surface area (Å²) in [6.45, 7) is 18.2. The van der Waals surface area contributed by atoms with E-state index in [-0.39, 0.29) is 22.2 Å². The van der Waals surface area contributed by atoms with Gasteiger partial charge >= 0.3 is 6.09 Å². The fourth-order valence-electron chi connectivity index (χ4n) is 4.22. The third kappa shape index (κ3) is 8.22. The number of hydrogen-bond donors (Lipinski definition) is 0. The molecule has 41 heavy (non-hydrogen) atoms. The number of ether oxygens (including phenoxy) is 3.